The lowest BCUT2D eigenvalue weighted by atomic mass is 10.0. The Labute approximate surface area is 125 Å². The van der Waals surface area contributed by atoms with Gasteiger partial charge in [0.15, 0.2) is 0 Å². The van der Waals surface area contributed by atoms with Crippen molar-refractivity contribution < 1.29 is 9.90 Å². The second-order valence-corrected chi connectivity index (χ2v) is 7.09. The van der Waals surface area contributed by atoms with Crippen molar-refractivity contribution in [1.82, 2.24) is 5.32 Å². The molecule has 21 heavy (non-hydrogen) atoms. The predicted molar refractivity (Wildman–Crippen MR) is 80.5 cm³/mol. The maximum atomic E-state index is 12.5. The minimum Gasteiger partial charge on any atom is -0.394 e. The van der Waals surface area contributed by atoms with Crippen molar-refractivity contribution in [3.05, 3.63) is 35.9 Å². The smallest absolute Gasteiger partial charge is 0.224 e. The van der Waals surface area contributed by atoms with E-state index in [1.165, 1.54) is 19.3 Å². The van der Waals surface area contributed by atoms with E-state index in [0.717, 1.165) is 17.4 Å². The number of rotatable bonds is 5. The third-order valence-electron chi connectivity index (χ3n) is 5.93. The van der Waals surface area contributed by atoms with Crippen LogP contribution in [0, 0.1) is 29.6 Å². The standard InChI is InChI=1S/C18H23NO2/c20-10-14(8-11-4-2-1-3-5-11)19-18(21)17-15-12-6-7-13(9-12)16(15)17/h1-5,12-17,20H,6-10H2,(H,19,21). The van der Waals surface area contributed by atoms with E-state index >= 15 is 0 Å². The second kappa shape index (κ2) is 5.13. The molecule has 0 heterocycles. The average Bonchev–Trinajstić information content (AvgIpc) is 2.96. The molecule has 2 bridgehead atoms. The Bertz CT molecular complexity index is 513. The molecule has 0 aliphatic heterocycles. The van der Waals surface area contributed by atoms with E-state index in [9.17, 15) is 9.90 Å². The summed E-state index contributed by atoms with van der Waals surface area (Å²) in [6.07, 6.45) is 4.75. The largest absolute Gasteiger partial charge is 0.394 e. The maximum absolute atomic E-state index is 12.5. The first kappa shape index (κ1) is 13.3. The van der Waals surface area contributed by atoms with Gasteiger partial charge in [-0.05, 0) is 54.9 Å². The summed E-state index contributed by atoms with van der Waals surface area (Å²) in [4.78, 5) is 12.5. The molecule has 3 nitrogen and oxygen atoms in total. The highest BCUT2D eigenvalue weighted by Gasteiger charge is 2.67. The molecular formula is C18H23NO2. The summed E-state index contributed by atoms with van der Waals surface area (Å²) >= 11 is 0. The summed E-state index contributed by atoms with van der Waals surface area (Å²) in [5.74, 6) is 3.41. The molecule has 112 valence electrons. The van der Waals surface area contributed by atoms with Crippen molar-refractivity contribution in [2.24, 2.45) is 29.6 Å². The van der Waals surface area contributed by atoms with E-state index < -0.39 is 0 Å². The number of carbonyl (C=O) groups excluding carboxylic acids is 1. The lowest BCUT2D eigenvalue weighted by molar-refractivity contribution is -0.124. The van der Waals surface area contributed by atoms with Gasteiger partial charge in [-0.1, -0.05) is 30.3 Å². The molecule has 0 spiro atoms. The quantitative estimate of drug-likeness (QED) is 0.869. The number of aliphatic hydroxyl groups is 1. The van der Waals surface area contributed by atoms with Crippen molar-refractivity contribution in [2.45, 2.75) is 31.7 Å². The van der Waals surface area contributed by atoms with Gasteiger partial charge in [-0.3, -0.25) is 4.79 Å². The first-order chi connectivity index (χ1) is 10.3. The molecule has 0 aromatic heterocycles. The van der Waals surface area contributed by atoms with Gasteiger partial charge in [0, 0.05) is 5.92 Å². The van der Waals surface area contributed by atoms with Gasteiger partial charge in [0.05, 0.1) is 12.6 Å². The van der Waals surface area contributed by atoms with Crippen molar-refractivity contribution in [3.8, 4) is 0 Å². The van der Waals surface area contributed by atoms with Crippen LogP contribution in [-0.2, 0) is 11.2 Å². The first-order valence-electron chi connectivity index (χ1n) is 8.23. The summed E-state index contributed by atoms with van der Waals surface area (Å²) in [7, 11) is 0. The van der Waals surface area contributed by atoms with Gasteiger partial charge in [0.25, 0.3) is 0 Å². The molecule has 5 unspecified atom stereocenters. The van der Waals surface area contributed by atoms with Crippen LogP contribution in [-0.4, -0.2) is 23.7 Å². The van der Waals surface area contributed by atoms with Crippen molar-refractivity contribution >= 4 is 5.91 Å². The monoisotopic (exact) mass is 285 g/mol. The summed E-state index contributed by atoms with van der Waals surface area (Å²) in [6, 6.07) is 9.90. The Morgan fingerprint density at radius 1 is 1.19 bits per heavy atom. The summed E-state index contributed by atoms with van der Waals surface area (Å²) in [6.45, 7) is 0.00947. The van der Waals surface area contributed by atoms with E-state index in [1.54, 1.807) is 0 Å². The molecule has 1 aromatic rings. The number of nitrogens with one attached hydrogen (secondary N) is 1. The highest BCUT2D eigenvalue weighted by atomic mass is 16.3. The van der Waals surface area contributed by atoms with Crippen molar-refractivity contribution in [2.75, 3.05) is 6.61 Å². The van der Waals surface area contributed by atoms with Gasteiger partial charge in [-0.15, -0.1) is 0 Å². The Balaban J connectivity index is 1.36. The normalized spacial score (nSPS) is 37.1. The highest BCUT2D eigenvalue weighted by molar-refractivity contribution is 5.83. The highest BCUT2D eigenvalue weighted by Crippen LogP contribution is 2.69. The third-order valence-corrected chi connectivity index (χ3v) is 5.93. The van der Waals surface area contributed by atoms with Crippen LogP contribution in [0.3, 0.4) is 0 Å². The Hall–Kier alpha value is -1.35. The van der Waals surface area contributed by atoms with E-state index in [-0.39, 0.29) is 24.5 Å². The van der Waals surface area contributed by atoms with Crippen molar-refractivity contribution in [1.29, 1.82) is 0 Å². The van der Waals surface area contributed by atoms with E-state index in [2.05, 4.69) is 5.32 Å². The Kier molecular flexibility index (Phi) is 3.26. The number of aliphatic hydroxyl groups excluding tert-OH is 1. The first-order valence-corrected chi connectivity index (χ1v) is 8.23. The van der Waals surface area contributed by atoms with Crippen LogP contribution in [0.15, 0.2) is 30.3 Å². The van der Waals surface area contributed by atoms with Gasteiger partial charge >= 0.3 is 0 Å². The molecule has 0 saturated heterocycles. The average molecular weight is 285 g/mol. The van der Waals surface area contributed by atoms with Crippen LogP contribution >= 0.6 is 0 Å². The number of amides is 1. The molecule has 3 aliphatic carbocycles. The SMILES string of the molecule is O=C(NC(CO)Cc1ccccc1)C1C2C3CCC(C3)C12. The van der Waals surface area contributed by atoms with Gasteiger partial charge in [-0.2, -0.15) is 0 Å². The number of hydrogen-bond donors (Lipinski definition) is 2. The third kappa shape index (κ3) is 2.28. The molecule has 5 atom stereocenters. The fraction of sp³-hybridized carbons (Fsp3) is 0.611. The predicted octanol–water partition coefficient (Wildman–Crippen LogP) is 2.00. The molecule has 1 amide bonds. The van der Waals surface area contributed by atoms with Crippen LogP contribution < -0.4 is 5.32 Å². The summed E-state index contributed by atoms with van der Waals surface area (Å²) < 4.78 is 0. The zero-order chi connectivity index (χ0) is 14.4. The molecule has 3 aliphatic rings. The van der Waals surface area contributed by atoms with Crippen LogP contribution in [0.2, 0.25) is 0 Å². The summed E-state index contributed by atoms with van der Waals surface area (Å²) in [5, 5.41) is 12.6. The Morgan fingerprint density at radius 2 is 1.86 bits per heavy atom. The fourth-order valence-electron chi connectivity index (χ4n) is 5.03. The molecule has 3 saturated carbocycles. The molecule has 3 fully saturated rings. The van der Waals surface area contributed by atoms with Crippen LogP contribution in [0.4, 0.5) is 0 Å². The van der Waals surface area contributed by atoms with Gasteiger partial charge in [-0.25, -0.2) is 0 Å². The van der Waals surface area contributed by atoms with Crippen LogP contribution in [0.1, 0.15) is 24.8 Å². The van der Waals surface area contributed by atoms with Crippen molar-refractivity contribution in [3.63, 3.8) is 0 Å². The molecule has 2 N–H and O–H groups in total. The number of fused-ring (bicyclic) bond motifs is 5. The lowest BCUT2D eigenvalue weighted by Gasteiger charge is -2.18. The second-order valence-electron chi connectivity index (χ2n) is 7.09. The minimum absolute atomic E-state index is 0.00947. The van der Waals surface area contributed by atoms with E-state index in [0.29, 0.717) is 18.3 Å². The molecule has 3 heteroatoms. The number of hydrogen-bond acceptors (Lipinski definition) is 2. The fourth-order valence-corrected chi connectivity index (χ4v) is 5.03. The van der Waals surface area contributed by atoms with Crippen LogP contribution in [0.5, 0.6) is 0 Å². The zero-order valence-electron chi connectivity index (χ0n) is 12.2. The van der Waals surface area contributed by atoms with E-state index in [4.69, 9.17) is 0 Å². The molecule has 1 aromatic carbocycles. The van der Waals surface area contributed by atoms with Gasteiger partial charge < -0.3 is 10.4 Å². The van der Waals surface area contributed by atoms with E-state index in [1.807, 2.05) is 30.3 Å². The zero-order valence-corrected chi connectivity index (χ0v) is 12.2. The maximum Gasteiger partial charge on any atom is 0.224 e. The number of benzene rings is 1. The van der Waals surface area contributed by atoms with Gasteiger partial charge in [0.1, 0.15) is 0 Å². The Morgan fingerprint density at radius 3 is 2.48 bits per heavy atom. The lowest BCUT2D eigenvalue weighted by Crippen LogP contribution is -2.40. The molecule has 4 rings (SSSR count). The van der Waals surface area contributed by atoms with Crippen LogP contribution in [0.25, 0.3) is 0 Å². The minimum atomic E-state index is -0.154. The topological polar surface area (TPSA) is 49.3 Å². The summed E-state index contributed by atoms with van der Waals surface area (Å²) in [5.41, 5.74) is 1.16. The number of carbonyl (C=O) groups is 1. The van der Waals surface area contributed by atoms with Gasteiger partial charge in [0.2, 0.25) is 5.91 Å². The molecular weight excluding hydrogens is 262 g/mol. The molecule has 0 radical (unpaired) electrons.